The second kappa shape index (κ2) is 5.19. The molecule has 2 rings (SSSR count). The van der Waals surface area contributed by atoms with Crippen molar-refractivity contribution < 1.29 is 0 Å². The van der Waals surface area contributed by atoms with Gasteiger partial charge in [0.1, 0.15) is 0 Å². The number of nitrogens with two attached hydrogens (primary N) is 1. The van der Waals surface area contributed by atoms with E-state index in [1.807, 2.05) is 36.2 Å². The van der Waals surface area contributed by atoms with Crippen LogP contribution in [0.25, 0.3) is 0 Å². The van der Waals surface area contributed by atoms with Crippen molar-refractivity contribution in [1.82, 2.24) is 4.98 Å². The van der Waals surface area contributed by atoms with E-state index in [0.29, 0.717) is 5.69 Å². The van der Waals surface area contributed by atoms with Gasteiger partial charge in [-0.2, -0.15) is 0 Å². The van der Waals surface area contributed by atoms with Crippen LogP contribution in [0.4, 0.5) is 11.5 Å². The summed E-state index contributed by atoms with van der Waals surface area (Å²) < 4.78 is 1.08. The summed E-state index contributed by atoms with van der Waals surface area (Å²) in [4.78, 5) is 6.32. The summed E-state index contributed by atoms with van der Waals surface area (Å²) in [6.07, 6.45) is 1.75. The molecule has 1 heterocycles. The van der Waals surface area contributed by atoms with Gasteiger partial charge in [-0.1, -0.05) is 28.1 Å². The molecule has 0 saturated heterocycles. The molecule has 0 unspecified atom stereocenters. The fraction of sp³-hybridized carbons (Fsp3) is 0.154. The zero-order valence-corrected chi connectivity index (χ0v) is 11.2. The van der Waals surface area contributed by atoms with Gasteiger partial charge in [0.25, 0.3) is 0 Å². The second-order valence-electron chi connectivity index (χ2n) is 3.90. The van der Waals surface area contributed by atoms with Gasteiger partial charge in [0.2, 0.25) is 0 Å². The Labute approximate surface area is 109 Å². The standard InChI is InChI=1S/C13H14BrN3/c1-17(13-12(15)3-2-8-16-13)9-10-4-6-11(14)7-5-10/h2-8H,9,15H2,1H3. The third kappa shape index (κ3) is 2.97. The molecule has 2 aromatic rings. The lowest BCUT2D eigenvalue weighted by atomic mass is 10.2. The predicted octanol–water partition coefficient (Wildman–Crippen LogP) is 3.06. The minimum absolute atomic E-state index is 0.701. The summed E-state index contributed by atoms with van der Waals surface area (Å²) >= 11 is 3.42. The molecule has 3 nitrogen and oxygen atoms in total. The summed E-state index contributed by atoms with van der Waals surface area (Å²) in [5.74, 6) is 0.815. The Balaban J connectivity index is 2.14. The van der Waals surface area contributed by atoms with Crippen LogP contribution in [0.1, 0.15) is 5.56 Å². The van der Waals surface area contributed by atoms with Crippen molar-refractivity contribution in [3.8, 4) is 0 Å². The second-order valence-corrected chi connectivity index (χ2v) is 4.81. The number of halogens is 1. The van der Waals surface area contributed by atoms with Crippen LogP contribution in [0.5, 0.6) is 0 Å². The summed E-state index contributed by atoms with van der Waals surface area (Å²) in [6.45, 7) is 0.786. The molecule has 0 aliphatic heterocycles. The van der Waals surface area contributed by atoms with Crippen LogP contribution in [-0.4, -0.2) is 12.0 Å². The smallest absolute Gasteiger partial charge is 0.151 e. The number of hydrogen-bond acceptors (Lipinski definition) is 3. The van der Waals surface area contributed by atoms with Gasteiger partial charge < -0.3 is 10.6 Å². The molecule has 17 heavy (non-hydrogen) atoms. The fourth-order valence-electron chi connectivity index (χ4n) is 1.67. The lowest BCUT2D eigenvalue weighted by Crippen LogP contribution is -2.18. The van der Waals surface area contributed by atoms with E-state index in [1.165, 1.54) is 5.56 Å². The zero-order valence-electron chi connectivity index (χ0n) is 9.60. The van der Waals surface area contributed by atoms with Crippen LogP contribution >= 0.6 is 15.9 Å². The van der Waals surface area contributed by atoms with Crippen LogP contribution in [0, 0.1) is 0 Å². The van der Waals surface area contributed by atoms with E-state index < -0.39 is 0 Å². The Hall–Kier alpha value is -1.55. The van der Waals surface area contributed by atoms with E-state index in [4.69, 9.17) is 5.73 Å². The van der Waals surface area contributed by atoms with Gasteiger partial charge in [-0.05, 0) is 29.8 Å². The zero-order chi connectivity index (χ0) is 12.3. The van der Waals surface area contributed by atoms with Crippen LogP contribution in [0.2, 0.25) is 0 Å². The molecule has 0 radical (unpaired) electrons. The normalized spacial score (nSPS) is 10.2. The number of pyridine rings is 1. The van der Waals surface area contributed by atoms with Crippen molar-refractivity contribution in [3.05, 3.63) is 52.6 Å². The molecule has 0 amide bonds. The number of nitrogens with zero attached hydrogens (tertiary/aromatic N) is 2. The Morgan fingerprint density at radius 2 is 1.94 bits per heavy atom. The highest BCUT2D eigenvalue weighted by Crippen LogP contribution is 2.20. The number of hydrogen-bond donors (Lipinski definition) is 1. The van der Waals surface area contributed by atoms with E-state index in [0.717, 1.165) is 16.8 Å². The number of aromatic nitrogens is 1. The molecule has 0 spiro atoms. The Bertz CT molecular complexity index is 496. The summed E-state index contributed by atoms with van der Waals surface area (Å²) in [5.41, 5.74) is 7.81. The van der Waals surface area contributed by atoms with Crippen LogP contribution in [-0.2, 0) is 6.54 Å². The highest BCUT2D eigenvalue weighted by atomic mass is 79.9. The van der Waals surface area contributed by atoms with E-state index in [2.05, 4.69) is 33.0 Å². The predicted molar refractivity (Wildman–Crippen MR) is 74.9 cm³/mol. The maximum absolute atomic E-state index is 5.89. The number of anilines is 2. The average molecular weight is 292 g/mol. The van der Waals surface area contributed by atoms with Crippen molar-refractivity contribution in [2.45, 2.75) is 6.54 Å². The molecular weight excluding hydrogens is 278 g/mol. The minimum atomic E-state index is 0.701. The van der Waals surface area contributed by atoms with Crippen LogP contribution < -0.4 is 10.6 Å². The summed E-state index contributed by atoms with van der Waals surface area (Å²) in [6, 6.07) is 11.9. The fourth-order valence-corrected chi connectivity index (χ4v) is 1.93. The van der Waals surface area contributed by atoms with Crippen LogP contribution in [0.3, 0.4) is 0 Å². The van der Waals surface area contributed by atoms with E-state index >= 15 is 0 Å². The lowest BCUT2D eigenvalue weighted by Gasteiger charge is -2.19. The average Bonchev–Trinajstić information content (AvgIpc) is 2.32. The molecule has 0 saturated carbocycles. The van der Waals surface area contributed by atoms with Gasteiger partial charge in [0, 0.05) is 24.3 Å². The molecule has 1 aromatic heterocycles. The first-order valence-corrected chi connectivity index (χ1v) is 6.12. The number of rotatable bonds is 3. The molecule has 0 bridgehead atoms. The molecule has 88 valence electrons. The van der Waals surface area contributed by atoms with Gasteiger partial charge in [-0.25, -0.2) is 4.98 Å². The lowest BCUT2D eigenvalue weighted by molar-refractivity contribution is 0.900. The quantitative estimate of drug-likeness (QED) is 0.945. The highest BCUT2D eigenvalue weighted by molar-refractivity contribution is 9.10. The molecule has 0 aliphatic rings. The number of nitrogen functional groups attached to an aromatic ring is 1. The van der Waals surface area contributed by atoms with Gasteiger partial charge in [-0.3, -0.25) is 0 Å². The maximum Gasteiger partial charge on any atom is 0.151 e. The van der Waals surface area contributed by atoms with Gasteiger partial charge >= 0.3 is 0 Å². The summed E-state index contributed by atoms with van der Waals surface area (Å²) in [5, 5.41) is 0. The molecule has 0 fully saturated rings. The monoisotopic (exact) mass is 291 g/mol. The van der Waals surface area contributed by atoms with Gasteiger partial charge in [0.15, 0.2) is 5.82 Å². The summed E-state index contributed by atoms with van der Waals surface area (Å²) in [7, 11) is 1.99. The van der Waals surface area contributed by atoms with Crippen molar-refractivity contribution in [2.75, 3.05) is 17.7 Å². The molecule has 2 N–H and O–H groups in total. The van der Waals surface area contributed by atoms with Crippen molar-refractivity contribution in [2.24, 2.45) is 0 Å². The van der Waals surface area contributed by atoms with Crippen molar-refractivity contribution in [1.29, 1.82) is 0 Å². The van der Waals surface area contributed by atoms with Crippen molar-refractivity contribution in [3.63, 3.8) is 0 Å². The largest absolute Gasteiger partial charge is 0.396 e. The first-order valence-electron chi connectivity index (χ1n) is 5.33. The third-order valence-corrected chi connectivity index (χ3v) is 3.04. The topological polar surface area (TPSA) is 42.2 Å². The Morgan fingerprint density at radius 1 is 1.24 bits per heavy atom. The van der Waals surface area contributed by atoms with E-state index in [1.54, 1.807) is 6.20 Å². The maximum atomic E-state index is 5.89. The Morgan fingerprint density at radius 3 is 2.59 bits per heavy atom. The molecule has 1 aromatic carbocycles. The first-order chi connectivity index (χ1) is 8.16. The van der Waals surface area contributed by atoms with Gasteiger partial charge in [-0.15, -0.1) is 0 Å². The SMILES string of the molecule is CN(Cc1ccc(Br)cc1)c1ncccc1N. The van der Waals surface area contributed by atoms with Gasteiger partial charge in [0.05, 0.1) is 5.69 Å². The minimum Gasteiger partial charge on any atom is -0.396 e. The van der Waals surface area contributed by atoms with Crippen LogP contribution in [0.15, 0.2) is 47.1 Å². The van der Waals surface area contributed by atoms with Crippen molar-refractivity contribution >= 4 is 27.4 Å². The third-order valence-electron chi connectivity index (χ3n) is 2.51. The van der Waals surface area contributed by atoms with E-state index in [-0.39, 0.29) is 0 Å². The molecule has 4 heteroatoms. The molecule has 0 atom stereocenters. The van der Waals surface area contributed by atoms with E-state index in [9.17, 15) is 0 Å². The number of benzene rings is 1. The molecular formula is C13H14BrN3. The first kappa shape index (κ1) is 11.9. The Kier molecular flexibility index (Phi) is 3.64. The molecule has 0 aliphatic carbocycles. The highest BCUT2D eigenvalue weighted by Gasteiger charge is 2.06.